The molecular weight excluding hydrogens is 518 g/mol. The van der Waals surface area contributed by atoms with Gasteiger partial charge in [-0.3, -0.25) is 0 Å². The third kappa shape index (κ3) is 12.1. The van der Waals surface area contributed by atoms with Crippen LogP contribution in [0.15, 0.2) is 54.9 Å². The number of aryl methyl sites for hydroxylation is 1. The fraction of sp³-hybridized carbons (Fsp3) is 0.545. The van der Waals surface area contributed by atoms with Crippen LogP contribution >= 0.6 is 0 Å². The topological polar surface area (TPSA) is 134 Å². The lowest BCUT2D eigenvalue weighted by atomic mass is 9.92. The Morgan fingerprint density at radius 3 is 2.61 bits per heavy atom. The number of aromatic amines is 1. The van der Waals surface area contributed by atoms with Gasteiger partial charge in [0.05, 0.1) is 32.0 Å². The number of nitrogens with zero attached hydrogens (tertiary/aromatic N) is 1. The van der Waals surface area contributed by atoms with E-state index in [0.717, 1.165) is 42.5 Å². The molecule has 3 atom stereocenters. The van der Waals surface area contributed by atoms with Crippen LogP contribution in [0.4, 0.5) is 5.82 Å². The summed E-state index contributed by atoms with van der Waals surface area (Å²) >= 11 is 0. The van der Waals surface area contributed by atoms with Gasteiger partial charge in [0.15, 0.2) is 11.5 Å². The van der Waals surface area contributed by atoms with Crippen molar-refractivity contribution in [3.8, 4) is 11.5 Å². The van der Waals surface area contributed by atoms with E-state index in [2.05, 4.69) is 23.0 Å². The minimum Gasteiger partial charge on any atom is -0.504 e. The fourth-order valence-electron chi connectivity index (χ4n) is 5.23. The zero-order valence-electron chi connectivity index (χ0n) is 24.5. The number of phenolic OH excluding ortho intramolecular Hbond substituents is 1. The quantitative estimate of drug-likeness (QED) is 0.101. The number of aliphatic hydroxyl groups is 2. The molecule has 0 spiro atoms. The summed E-state index contributed by atoms with van der Waals surface area (Å²) in [5, 5.41) is 30.4. The lowest BCUT2D eigenvalue weighted by molar-refractivity contribution is -0.00844. The molecule has 6 N–H and O–H groups in total. The molecule has 2 aromatic heterocycles. The maximum atomic E-state index is 10.7. The van der Waals surface area contributed by atoms with Gasteiger partial charge in [-0.1, -0.05) is 45.1 Å². The molecule has 8 heteroatoms. The number of benzene rings is 1. The van der Waals surface area contributed by atoms with Gasteiger partial charge < -0.3 is 35.5 Å². The number of H-pyrrole nitrogens is 1. The Bertz CT molecular complexity index is 1110. The number of nitrogens with two attached hydrogens (primary N) is 1. The van der Waals surface area contributed by atoms with Crippen molar-refractivity contribution in [3.63, 3.8) is 0 Å². The minimum absolute atomic E-state index is 0.0119. The van der Waals surface area contributed by atoms with E-state index in [0.29, 0.717) is 44.0 Å². The third-order valence-electron chi connectivity index (χ3n) is 7.53. The van der Waals surface area contributed by atoms with Crippen molar-refractivity contribution in [3.05, 3.63) is 71.7 Å². The molecule has 226 valence electrons. The monoisotopic (exact) mass is 567 g/mol. The third-order valence-corrected chi connectivity index (χ3v) is 7.53. The van der Waals surface area contributed by atoms with E-state index in [9.17, 15) is 15.3 Å². The van der Waals surface area contributed by atoms with Crippen molar-refractivity contribution in [1.82, 2.24) is 9.97 Å². The molecule has 0 saturated heterocycles. The van der Waals surface area contributed by atoms with E-state index in [1.54, 1.807) is 12.3 Å². The first-order valence-corrected chi connectivity index (χ1v) is 15.2. The van der Waals surface area contributed by atoms with Gasteiger partial charge in [0.25, 0.3) is 0 Å². The highest BCUT2D eigenvalue weighted by molar-refractivity contribution is 5.42. The van der Waals surface area contributed by atoms with Gasteiger partial charge in [0.2, 0.25) is 0 Å². The van der Waals surface area contributed by atoms with Gasteiger partial charge in [0, 0.05) is 18.1 Å². The maximum Gasteiger partial charge on any atom is 0.161 e. The van der Waals surface area contributed by atoms with Crippen molar-refractivity contribution in [2.75, 3.05) is 25.6 Å². The van der Waals surface area contributed by atoms with Crippen molar-refractivity contribution < 1.29 is 24.8 Å². The van der Waals surface area contributed by atoms with E-state index in [1.165, 1.54) is 25.7 Å². The molecule has 0 amide bonds. The maximum absolute atomic E-state index is 10.7. The SMILES string of the molecule is CCCCCCC[C@@H](C[C@H](O)CCc1ccc(O)c(OCC[C@H](Cc2ccc[nH]2)c2ccnc(N)c2)c1)OCCO. The van der Waals surface area contributed by atoms with Crippen LogP contribution in [-0.2, 0) is 17.6 Å². The van der Waals surface area contributed by atoms with Crippen LogP contribution in [0, 0.1) is 0 Å². The van der Waals surface area contributed by atoms with E-state index in [-0.39, 0.29) is 24.4 Å². The molecule has 2 heterocycles. The average Bonchev–Trinajstić information content (AvgIpc) is 3.48. The van der Waals surface area contributed by atoms with Gasteiger partial charge in [0.1, 0.15) is 5.82 Å². The van der Waals surface area contributed by atoms with Crippen molar-refractivity contribution in [2.45, 2.75) is 95.7 Å². The fourth-order valence-corrected chi connectivity index (χ4v) is 5.23. The number of pyridine rings is 1. The summed E-state index contributed by atoms with van der Waals surface area (Å²) in [7, 11) is 0. The van der Waals surface area contributed by atoms with Gasteiger partial charge in [-0.2, -0.15) is 0 Å². The Kier molecular flexibility index (Phi) is 14.5. The Morgan fingerprint density at radius 2 is 1.85 bits per heavy atom. The number of aromatic nitrogens is 2. The van der Waals surface area contributed by atoms with Gasteiger partial charge in [-0.05, 0) is 92.0 Å². The van der Waals surface area contributed by atoms with Crippen LogP contribution in [0.5, 0.6) is 11.5 Å². The second-order valence-electron chi connectivity index (χ2n) is 10.9. The normalized spacial score (nSPS) is 13.6. The number of hydrogen-bond acceptors (Lipinski definition) is 7. The average molecular weight is 568 g/mol. The summed E-state index contributed by atoms with van der Waals surface area (Å²) < 4.78 is 11.9. The van der Waals surface area contributed by atoms with E-state index in [4.69, 9.17) is 15.2 Å². The number of phenols is 1. The van der Waals surface area contributed by atoms with Crippen molar-refractivity contribution in [2.24, 2.45) is 0 Å². The van der Waals surface area contributed by atoms with Crippen molar-refractivity contribution >= 4 is 5.82 Å². The smallest absolute Gasteiger partial charge is 0.161 e. The number of anilines is 1. The Morgan fingerprint density at radius 1 is 1.00 bits per heavy atom. The summed E-state index contributed by atoms with van der Waals surface area (Å²) in [6.45, 7) is 2.91. The summed E-state index contributed by atoms with van der Waals surface area (Å²) in [5.74, 6) is 1.21. The molecule has 0 bridgehead atoms. The van der Waals surface area contributed by atoms with Crippen LogP contribution < -0.4 is 10.5 Å². The zero-order chi connectivity index (χ0) is 29.3. The van der Waals surface area contributed by atoms with Crippen LogP contribution in [0.3, 0.4) is 0 Å². The first kappa shape index (κ1) is 32.4. The molecule has 0 aliphatic carbocycles. The van der Waals surface area contributed by atoms with Gasteiger partial charge in [-0.15, -0.1) is 0 Å². The molecular formula is C33H49N3O5. The van der Waals surface area contributed by atoms with Crippen LogP contribution in [0.25, 0.3) is 0 Å². The first-order valence-electron chi connectivity index (χ1n) is 15.2. The number of aromatic hydroxyl groups is 1. The molecule has 0 fully saturated rings. The highest BCUT2D eigenvalue weighted by Gasteiger charge is 2.17. The van der Waals surface area contributed by atoms with E-state index in [1.807, 2.05) is 36.5 Å². The molecule has 1 aromatic carbocycles. The molecule has 0 unspecified atom stereocenters. The number of nitrogen functional groups attached to an aromatic ring is 1. The molecule has 0 radical (unpaired) electrons. The Hall–Kier alpha value is -3.07. The van der Waals surface area contributed by atoms with Gasteiger partial charge >= 0.3 is 0 Å². The standard InChI is InChI=1S/C33H49N3O5/c1-2-3-4-5-6-9-30(40-20-18-37)24-29(38)12-10-25-11-13-31(39)32(21-25)41-19-15-27(22-28-8-7-16-35-28)26-14-17-36-33(34)23-26/h7-8,11,13-14,16-17,21,23,27,29-30,35,37-39H,2-6,9-10,12,15,18-20,22,24H2,1H3,(H2,34,36)/t27-,29-,30+/m1/s1. The van der Waals surface area contributed by atoms with Crippen LogP contribution in [0.2, 0.25) is 0 Å². The predicted octanol–water partition coefficient (Wildman–Crippen LogP) is 5.91. The molecule has 3 aromatic rings. The van der Waals surface area contributed by atoms with E-state index < -0.39 is 6.10 Å². The number of nitrogens with one attached hydrogen (secondary N) is 1. The predicted molar refractivity (Wildman–Crippen MR) is 163 cm³/mol. The van der Waals surface area contributed by atoms with Crippen LogP contribution in [0.1, 0.15) is 87.4 Å². The minimum atomic E-state index is -0.506. The summed E-state index contributed by atoms with van der Waals surface area (Å²) in [6.07, 6.45) is 13.3. The molecule has 0 saturated carbocycles. The second kappa shape index (κ2) is 18.4. The van der Waals surface area contributed by atoms with Gasteiger partial charge in [-0.25, -0.2) is 4.98 Å². The lowest BCUT2D eigenvalue weighted by Crippen LogP contribution is -2.23. The molecule has 41 heavy (non-hydrogen) atoms. The number of aliphatic hydroxyl groups excluding tert-OH is 2. The van der Waals surface area contributed by atoms with E-state index >= 15 is 0 Å². The molecule has 0 aliphatic rings. The second-order valence-corrected chi connectivity index (χ2v) is 10.9. The molecule has 8 nitrogen and oxygen atoms in total. The number of rotatable bonds is 21. The highest BCUT2D eigenvalue weighted by atomic mass is 16.5. The molecule has 0 aliphatic heterocycles. The number of hydrogen-bond donors (Lipinski definition) is 5. The summed E-state index contributed by atoms with van der Waals surface area (Å²) in [5.41, 5.74) is 9.17. The Balaban J connectivity index is 1.51. The van der Waals surface area contributed by atoms with Crippen LogP contribution in [-0.4, -0.2) is 57.3 Å². The molecule has 3 rings (SSSR count). The summed E-state index contributed by atoms with van der Waals surface area (Å²) in [4.78, 5) is 7.39. The first-order chi connectivity index (χ1) is 20.0. The van der Waals surface area contributed by atoms with Crippen molar-refractivity contribution in [1.29, 1.82) is 0 Å². The largest absolute Gasteiger partial charge is 0.504 e. The Labute approximate surface area is 244 Å². The number of ether oxygens (including phenoxy) is 2. The lowest BCUT2D eigenvalue weighted by Gasteiger charge is -2.21. The number of unbranched alkanes of at least 4 members (excludes halogenated alkanes) is 4. The highest BCUT2D eigenvalue weighted by Crippen LogP contribution is 2.30. The summed E-state index contributed by atoms with van der Waals surface area (Å²) in [6, 6.07) is 13.3. The zero-order valence-corrected chi connectivity index (χ0v) is 24.5.